The first kappa shape index (κ1) is 17.5. The quantitative estimate of drug-likeness (QED) is 0.872. The molecule has 1 saturated heterocycles. The van der Waals surface area contributed by atoms with Crippen LogP contribution in [0.3, 0.4) is 0 Å². The zero-order chi connectivity index (χ0) is 17.8. The third kappa shape index (κ3) is 3.87. The fourth-order valence-corrected chi connectivity index (χ4v) is 3.29. The molecule has 7 heteroatoms. The van der Waals surface area contributed by atoms with Crippen molar-refractivity contribution < 1.29 is 13.9 Å². The third-order valence-corrected chi connectivity index (χ3v) is 4.82. The maximum atomic E-state index is 12.6. The maximum absolute atomic E-state index is 12.6. The van der Waals surface area contributed by atoms with E-state index in [4.69, 9.17) is 9.15 Å². The number of nitrogens with one attached hydrogen (secondary N) is 1. The van der Waals surface area contributed by atoms with Crippen LogP contribution in [0.2, 0.25) is 0 Å². The van der Waals surface area contributed by atoms with E-state index in [-0.39, 0.29) is 12.1 Å². The molecule has 1 fully saturated rings. The zero-order valence-electron chi connectivity index (χ0n) is 15.1. The number of aromatic nitrogens is 2. The summed E-state index contributed by atoms with van der Waals surface area (Å²) in [6, 6.07) is 3.83. The molecule has 1 unspecified atom stereocenters. The van der Waals surface area contributed by atoms with E-state index >= 15 is 0 Å². The Bertz CT molecular complexity index is 722. The van der Waals surface area contributed by atoms with Crippen LogP contribution < -0.4 is 5.32 Å². The molecule has 1 N–H and O–H groups in total. The number of rotatable bonds is 6. The van der Waals surface area contributed by atoms with Crippen LogP contribution in [0.5, 0.6) is 0 Å². The second kappa shape index (κ2) is 7.74. The Morgan fingerprint density at radius 3 is 3.04 bits per heavy atom. The molecule has 0 aromatic carbocycles. The highest BCUT2D eigenvalue weighted by Crippen LogP contribution is 2.33. The molecular weight excluding hydrogens is 320 g/mol. The summed E-state index contributed by atoms with van der Waals surface area (Å²) < 4.78 is 12.8. The maximum Gasteiger partial charge on any atom is 0.318 e. The minimum Gasteiger partial charge on any atom is -0.461 e. The van der Waals surface area contributed by atoms with Gasteiger partial charge in [0.25, 0.3) is 0 Å². The number of methoxy groups -OCH3 is 1. The lowest BCUT2D eigenvalue weighted by Crippen LogP contribution is -2.40. The topological polar surface area (TPSA) is 72.5 Å². The third-order valence-electron chi connectivity index (χ3n) is 4.82. The first-order valence-electron chi connectivity index (χ1n) is 8.69. The van der Waals surface area contributed by atoms with Crippen LogP contribution in [0.15, 0.2) is 22.7 Å². The Morgan fingerprint density at radius 2 is 2.32 bits per heavy atom. The van der Waals surface area contributed by atoms with Crippen molar-refractivity contribution in [3.8, 4) is 0 Å². The van der Waals surface area contributed by atoms with Gasteiger partial charge in [0.1, 0.15) is 18.1 Å². The highest BCUT2D eigenvalue weighted by molar-refractivity contribution is 5.75. The molecule has 0 radical (unpaired) electrons. The average Bonchev–Trinajstić information content (AvgIpc) is 3.31. The van der Waals surface area contributed by atoms with Crippen molar-refractivity contribution in [1.82, 2.24) is 20.0 Å². The lowest BCUT2D eigenvalue weighted by molar-refractivity contribution is 0.156. The number of urea groups is 1. The lowest BCUT2D eigenvalue weighted by atomic mass is 10.2. The standard InChI is InChI=1S/C18H26N4O3/c1-13-14(11-20-21(13)2)8-9-19-18(23)22-10-4-5-16(22)17-7-6-15(25-17)12-24-3/h6-7,11,16H,4-5,8-10,12H2,1-3H3,(H,19,23). The predicted molar refractivity (Wildman–Crippen MR) is 93.1 cm³/mol. The van der Waals surface area contributed by atoms with Crippen LogP contribution in [0.1, 0.15) is 41.7 Å². The van der Waals surface area contributed by atoms with Gasteiger partial charge in [-0.15, -0.1) is 0 Å². The van der Waals surface area contributed by atoms with Gasteiger partial charge >= 0.3 is 6.03 Å². The van der Waals surface area contributed by atoms with Gasteiger partial charge in [-0.2, -0.15) is 5.10 Å². The number of carbonyl (C=O) groups excluding carboxylic acids is 1. The average molecular weight is 346 g/mol. The van der Waals surface area contributed by atoms with Gasteiger partial charge in [-0.05, 0) is 43.9 Å². The molecule has 0 aliphatic carbocycles. The predicted octanol–water partition coefficient (Wildman–Crippen LogP) is 2.56. The van der Waals surface area contributed by atoms with Crippen LogP contribution in [0.4, 0.5) is 4.79 Å². The van der Waals surface area contributed by atoms with Crippen LogP contribution in [-0.4, -0.2) is 40.9 Å². The summed E-state index contributed by atoms with van der Waals surface area (Å²) in [5, 5.41) is 7.26. The fourth-order valence-electron chi connectivity index (χ4n) is 3.29. The Hall–Kier alpha value is -2.28. The molecule has 0 saturated carbocycles. The van der Waals surface area contributed by atoms with Gasteiger partial charge in [-0.1, -0.05) is 0 Å². The largest absolute Gasteiger partial charge is 0.461 e. The van der Waals surface area contributed by atoms with Crippen molar-refractivity contribution in [2.24, 2.45) is 7.05 Å². The Balaban J connectivity index is 1.56. The minimum atomic E-state index is -0.0336. The highest BCUT2D eigenvalue weighted by Gasteiger charge is 2.32. The van der Waals surface area contributed by atoms with Gasteiger partial charge in [0, 0.05) is 32.9 Å². The van der Waals surface area contributed by atoms with Gasteiger partial charge in [0.15, 0.2) is 0 Å². The smallest absolute Gasteiger partial charge is 0.318 e. The summed E-state index contributed by atoms with van der Waals surface area (Å²) in [6.07, 6.45) is 4.55. The van der Waals surface area contributed by atoms with E-state index in [2.05, 4.69) is 10.4 Å². The second-order valence-corrected chi connectivity index (χ2v) is 6.45. The molecule has 3 rings (SSSR count). The number of aryl methyl sites for hydroxylation is 1. The lowest BCUT2D eigenvalue weighted by Gasteiger charge is -2.23. The van der Waals surface area contributed by atoms with Crippen LogP contribution in [-0.2, 0) is 24.8 Å². The number of carbonyl (C=O) groups is 1. The number of nitrogens with zero attached hydrogens (tertiary/aromatic N) is 3. The number of hydrogen-bond acceptors (Lipinski definition) is 4. The van der Waals surface area contributed by atoms with Crippen LogP contribution in [0.25, 0.3) is 0 Å². The molecule has 2 aromatic heterocycles. The second-order valence-electron chi connectivity index (χ2n) is 6.45. The first-order valence-corrected chi connectivity index (χ1v) is 8.69. The molecule has 1 atom stereocenters. The first-order chi connectivity index (χ1) is 12.1. The Kier molecular flexibility index (Phi) is 5.43. The molecule has 1 aliphatic rings. The van der Waals surface area contributed by atoms with Crippen molar-refractivity contribution in [2.45, 2.75) is 38.8 Å². The SMILES string of the molecule is COCc1ccc(C2CCCN2C(=O)NCCc2cnn(C)c2C)o1. The molecule has 0 bridgehead atoms. The number of likely N-dealkylation sites (tertiary alicyclic amines) is 1. The zero-order valence-corrected chi connectivity index (χ0v) is 15.1. The molecule has 25 heavy (non-hydrogen) atoms. The van der Waals surface area contributed by atoms with Gasteiger partial charge in [-0.3, -0.25) is 4.68 Å². The monoisotopic (exact) mass is 346 g/mol. The van der Waals surface area contributed by atoms with Crippen molar-refractivity contribution >= 4 is 6.03 Å². The van der Waals surface area contributed by atoms with Crippen molar-refractivity contribution in [2.75, 3.05) is 20.2 Å². The van der Waals surface area contributed by atoms with Gasteiger partial charge < -0.3 is 19.4 Å². The molecule has 136 valence electrons. The van der Waals surface area contributed by atoms with E-state index in [0.29, 0.717) is 13.2 Å². The van der Waals surface area contributed by atoms with Crippen molar-refractivity contribution in [1.29, 1.82) is 0 Å². The summed E-state index contributed by atoms with van der Waals surface area (Å²) >= 11 is 0. The normalized spacial score (nSPS) is 17.2. The van der Waals surface area contributed by atoms with E-state index in [9.17, 15) is 4.79 Å². The number of furan rings is 1. The van der Waals surface area contributed by atoms with E-state index < -0.39 is 0 Å². The summed E-state index contributed by atoms with van der Waals surface area (Å²) in [6.45, 7) is 3.84. The minimum absolute atomic E-state index is 0.00531. The summed E-state index contributed by atoms with van der Waals surface area (Å²) in [5.41, 5.74) is 2.30. The van der Waals surface area contributed by atoms with Gasteiger partial charge in [-0.25, -0.2) is 4.79 Å². The van der Waals surface area contributed by atoms with Gasteiger partial charge in [0.2, 0.25) is 0 Å². The Labute approximate surface area is 147 Å². The molecular formula is C18H26N4O3. The van der Waals surface area contributed by atoms with E-state index in [1.165, 1.54) is 0 Å². The summed E-state index contributed by atoms with van der Waals surface area (Å²) in [5.74, 6) is 1.62. The number of amides is 2. The van der Waals surface area contributed by atoms with E-state index in [0.717, 1.165) is 48.6 Å². The van der Waals surface area contributed by atoms with E-state index in [1.54, 1.807) is 7.11 Å². The highest BCUT2D eigenvalue weighted by atomic mass is 16.5. The van der Waals surface area contributed by atoms with E-state index in [1.807, 2.05) is 41.9 Å². The molecule has 0 spiro atoms. The van der Waals surface area contributed by atoms with Crippen molar-refractivity contribution in [3.05, 3.63) is 41.1 Å². The number of ether oxygens (including phenoxy) is 1. The molecule has 2 aromatic rings. The number of hydrogen-bond donors (Lipinski definition) is 1. The molecule has 3 heterocycles. The Morgan fingerprint density at radius 1 is 1.48 bits per heavy atom. The van der Waals surface area contributed by atoms with Crippen LogP contribution >= 0.6 is 0 Å². The summed E-state index contributed by atoms with van der Waals surface area (Å²) in [4.78, 5) is 14.4. The molecule has 1 aliphatic heterocycles. The van der Waals surface area contributed by atoms with Gasteiger partial charge in [0.05, 0.1) is 12.2 Å². The van der Waals surface area contributed by atoms with Crippen LogP contribution in [0, 0.1) is 6.92 Å². The fraction of sp³-hybridized carbons (Fsp3) is 0.556. The molecule has 7 nitrogen and oxygen atoms in total. The summed E-state index contributed by atoms with van der Waals surface area (Å²) in [7, 11) is 3.56. The van der Waals surface area contributed by atoms with Crippen molar-refractivity contribution in [3.63, 3.8) is 0 Å². The molecule has 2 amide bonds.